The Kier molecular flexibility index (Phi) is 3.78. The maximum atomic E-state index is 12.1. The molecule has 2 aromatic rings. The van der Waals surface area contributed by atoms with Crippen LogP contribution in [0.15, 0.2) is 28.2 Å². The molecule has 0 aliphatic rings. The van der Waals surface area contributed by atoms with Crippen molar-refractivity contribution in [2.45, 2.75) is 19.5 Å². The number of carbonyl (C=O) groups is 1. The summed E-state index contributed by atoms with van der Waals surface area (Å²) in [5.74, 6) is 0.614. The van der Waals surface area contributed by atoms with Gasteiger partial charge in [0.2, 0.25) is 0 Å². The molecule has 0 saturated heterocycles. The van der Waals surface area contributed by atoms with Gasteiger partial charge in [-0.2, -0.15) is 0 Å². The zero-order valence-corrected chi connectivity index (χ0v) is 11.1. The van der Waals surface area contributed by atoms with Crippen LogP contribution >= 0.6 is 11.3 Å². The highest BCUT2D eigenvalue weighted by atomic mass is 32.1. The third-order valence-corrected chi connectivity index (χ3v) is 3.50. The highest BCUT2D eigenvalue weighted by Crippen LogP contribution is 2.17. The van der Waals surface area contributed by atoms with Crippen LogP contribution in [-0.4, -0.2) is 22.8 Å². The second-order valence-corrected chi connectivity index (χ2v) is 4.99. The lowest BCUT2D eigenvalue weighted by Gasteiger charge is -2.13. The molecule has 2 aromatic heterocycles. The molecule has 5 nitrogen and oxygen atoms in total. The van der Waals surface area contributed by atoms with Gasteiger partial charge in [0.1, 0.15) is 16.5 Å². The van der Waals surface area contributed by atoms with E-state index >= 15 is 0 Å². The fraction of sp³-hybridized carbons (Fsp3) is 0.333. The SMILES string of the molecule is CC(N)c1nc(C(=O)N(C)Cc2ccco2)cs1. The zero-order chi connectivity index (χ0) is 13.1. The monoisotopic (exact) mass is 265 g/mol. The van der Waals surface area contributed by atoms with Crippen LogP contribution < -0.4 is 5.73 Å². The van der Waals surface area contributed by atoms with Crippen LogP contribution in [-0.2, 0) is 6.54 Å². The number of hydrogen-bond donors (Lipinski definition) is 1. The van der Waals surface area contributed by atoms with E-state index in [0.717, 1.165) is 10.8 Å². The van der Waals surface area contributed by atoms with Gasteiger partial charge in [0.15, 0.2) is 0 Å². The van der Waals surface area contributed by atoms with E-state index in [1.807, 2.05) is 13.0 Å². The lowest BCUT2D eigenvalue weighted by molar-refractivity contribution is 0.0770. The lowest BCUT2D eigenvalue weighted by Crippen LogP contribution is -2.26. The van der Waals surface area contributed by atoms with Crippen molar-refractivity contribution in [2.24, 2.45) is 5.73 Å². The number of furan rings is 1. The molecule has 0 bridgehead atoms. The molecule has 2 rings (SSSR count). The summed E-state index contributed by atoms with van der Waals surface area (Å²) in [7, 11) is 1.72. The second kappa shape index (κ2) is 5.32. The Morgan fingerprint density at radius 2 is 2.44 bits per heavy atom. The lowest BCUT2D eigenvalue weighted by atomic mass is 10.3. The molecule has 0 radical (unpaired) electrons. The summed E-state index contributed by atoms with van der Waals surface area (Å²) in [5.41, 5.74) is 6.15. The summed E-state index contributed by atoms with van der Waals surface area (Å²) in [4.78, 5) is 17.9. The Balaban J connectivity index is 2.05. The van der Waals surface area contributed by atoms with E-state index in [1.54, 1.807) is 29.7 Å². The van der Waals surface area contributed by atoms with Crippen LogP contribution in [0.4, 0.5) is 0 Å². The summed E-state index contributed by atoms with van der Waals surface area (Å²) < 4.78 is 5.20. The molecule has 0 aliphatic heterocycles. The van der Waals surface area contributed by atoms with Crippen LogP contribution in [0.25, 0.3) is 0 Å². The predicted molar refractivity (Wildman–Crippen MR) is 69.2 cm³/mol. The van der Waals surface area contributed by atoms with Crippen molar-refractivity contribution < 1.29 is 9.21 Å². The number of nitrogens with zero attached hydrogens (tertiary/aromatic N) is 2. The topological polar surface area (TPSA) is 72.4 Å². The standard InChI is InChI=1S/C12H15N3O2S/c1-8(13)11-14-10(7-18-11)12(16)15(2)6-9-4-3-5-17-9/h3-5,7-8H,6,13H2,1-2H3. The van der Waals surface area contributed by atoms with Gasteiger partial charge in [-0.05, 0) is 19.1 Å². The normalized spacial score (nSPS) is 12.4. The fourth-order valence-corrected chi connectivity index (χ4v) is 2.25. The molecule has 0 fully saturated rings. The van der Waals surface area contributed by atoms with Crippen molar-refractivity contribution in [3.63, 3.8) is 0 Å². The van der Waals surface area contributed by atoms with Crippen molar-refractivity contribution in [2.75, 3.05) is 7.05 Å². The number of carbonyl (C=O) groups excluding carboxylic acids is 1. The Bertz CT molecular complexity index is 519. The number of thiazole rings is 1. The van der Waals surface area contributed by atoms with Crippen LogP contribution in [0.2, 0.25) is 0 Å². The fourth-order valence-electron chi connectivity index (χ4n) is 1.50. The average molecular weight is 265 g/mol. The smallest absolute Gasteiger partial charge is 0.273 e. The predicted octanol–water partition coefficient (Wildman–Crippen LogP) is 2.03. The van der Waals surface area contributed by atoms with E-state index < -0.39 is 0 Å². The van der Waals surface area contributed by atoms with Gasteiger partial charge in [-0.3, -0.25) is 4.79 Å². The molecule has 0 aromatic carbocycles. The van der Waals surface area contributed by atoms with Crippen LogP contribution in [0.1, 0.15) is 34.2 Å². The number of amides is 1. The third-order valence-electron chi connectivity index (χ3n) is 2.45. The summed E-state index contributed by atoms with van der Waals surface area (Å²) in [6, 6.07) is 3.48. The van der Waals surface area contributed by atoms with Crippen molar-refractivity contribution in [1.29, 1.82) is 0 Å². The first kappa shape index (κ1) is 12.8. The molecule has 0 saturated carbocycles. The van der Waals surface area contributed by atoms with Gasteiger partial charge in [0.05, 0.1) is 18.8 Å². The molecule has 0 spiro atoms. The first-order chi connectivity index (χ1) is 8.58. The van der Waals surface area contributed by atoms with Gasteiger partial charge in [-0.25, -0.2) is 4.98 Å². The molecular weight excluding hydrogens is 250 g/mol. The number of hydrogen-bond acceptors (Lipinski definition) is 5. The van der Waals surface area contributed by atoms with Crippen molar-refractivity contribution in [3.8, 4) is 0 Å². The number of aromatic nitrogens is 1. The molecule has 1 atom stereocenters. The number of nitrogens with two attached hydrogens (primary N) is 1. The summed E-state index contributed by atoms with van der Waals surface area (Å²) in [6.07, 6.45) is 1.59. The molecular formula is C12H15N3O2S. The number of rotatable bonds is 4. The molecule has 2 N–H and O–H groups in total. The summed E-state index contributed by atoms with van der Waals surface area (Å²) in [6.45, 7) is 2.27. The van der Waals surface area contributed by atoms with E-state index in [1.165, 1.54) is 11.3 Å². The van der Waals surface area contributed by atoms with E-state index in [4.69, 9.17) is 10.2 Å². The highest BCUT2D eigenvalue weighted by Gasteiger charge is 2.17. The van der Waals surface area contributed by atoms with Gasteiger partial charge in [0.25, 0.3) is 5.91 Å². The van der Waals surface area contributed by atoms with Crippen LogP contribution in [0, 0.1) is 0 Å². The Morgan fingerprint density at radius 3 is 3.00 bits per heavy atom. The van der Waals surface area contributed by atoms with Crippen LogP contribution in [0.3, 0.4) is 0 Å². The minimum absolute atomic E-state index is 0.130. The zero-order valence-electron chi connectivity index (χ0n) is 10.3. The molecule has 0 aliphatic carbocycles. The molecule has 1 unspecified atom stereocenters. The minimum Gasteiger partial charge on any atom is -0.467 e. The summed E-state index contributed by atoms with van der Waals surface area (Å²) in [5, 5.41) is 2.50. The summed E-state index contributed by atoms with van der Waals surface area (Å²) >= 11 is 1.40. The van der Waals surface area contributed by atoms with Crippen molar-refractivity contribution in [3.05, 3.63) is 40.2 Å². The Hall–Kier alpha value is -1.66. The molecule has 6 heteroatoms. The largest absolute Gasteiger partial charge is 0.467 e. The van der Waals surface area contributed by atoms with E-state index in [-0.39, 0.29) is 11.9 Å². The van der Waals surface area contributed by atoms with Gasteiger partial charge < -0.3 is 15.1 Å². The molecule has 2 heterocycles. The van der Waals surface area contributed by atoms with Gasteiger partial charge in [-0.15, -0.1) is 11.3 Å². The maximum absolute atomic E-state index is 12.1. The van der Waals surface area contributed by atoms with Crippen LogP contribution in [0.5, 0.6) is 0 Å². The second-order valence-electron chi connectivity index (χ2n) is 4.10. The quantitative estimate of drug-likeness (QED) is 0.918. The first-order valence-corrected chi connectivity index (χ1v) is 6.44. The van der Waals surface area contributed by atoms with Gasteiger partial charge in [-0.1, -0.05) is 0 Å². The Labute approximate surface area is 109 Å². The van der Waals surface area contributed by atoms with Crippen molar-refractivity contribution >= 4 is 17.2 Å². The third kappa shape index (κ3) is 2.77. The van der Waals surface area contributed by atoms with Gasteiger partial charge in [0, 0.05) is 12.4 Å². The Morgan fingerprint density at radius 1 is 1.67 bits per heavy atom. The highest BCUT2D eigenvalue weighted by molar-refractivity contribution is 7.09. The first-order valence-electron chi connectivity index (χ1n) is 5.56. The average Bonchev–Trinajstić information content (AvgIpc) is 2.98. The van der Waals surface area contributed by atoms with E-state index in [2.05, 4.69) is 4.98 Å². The molecule has 1 amide bonds. The van der Waals surface area contributed by atoms with E-state index in [0.29, 0.717) is 12.2 Å². The molecule has 18 heavy (non-hydrogen) atoms. The minimum atomic E-state index is -0.146. The van der Waals surface area contributed by atoms with E-state index in [9.17, 15) is 4.79 Å². The maximum Gasteiger partial charge on any atom is 0.273 e. The van der Waals surface area contributed by atoms with Gasteiger partial charge >= 0.3 is 0 Å². The van der Waals surface area contributed by atoms with Crippen molar-refractivity contribution in [1.82, 2.24) is 9.88 Å². The molecule has 96 valence electrons.